The lowest BCUT2D eigenvalue weighted by Crippen LogP contribution is -2.34. The minimum atomic E-state index is 0.331. The fourth-order valence-corrected chi connectivity index (χ4v) is 2.20. The Morgan fingerprint density at radius 3 is 2.86 bits per heavy atom. The molecule has 1 heterocycles. The Morgan fingerprint density at radius 1 is 1.43 bits per heavy atom. The number of carbonyl (C=O) groups is 1. The highest BCUT2D eigenvalue weighted by Crippen LogP contribution is 2.15. The molecule has 2 heteroatoms. The third kappa shape index (κ3) is 4.75. The number of likely N-dealkylation sites (tertiary alicyclic amines) is 1. The van der Waals surface area contributed by atoms with E-state index in [9.17, 15) is 4.79 Å². The molecular weight excluding hydrogens is 174 g/mol. The van der Waals surface area contributed by atoms with Crippen molar-refractivity contribution in [2.45, 2.75) is 46.0 Å². The van der Waals surface area contributed by atoms with Gasteiger partial charge in [-0.15, -0.1) is 0 Å². The van der Waals surface area contributed by atoms with E-state index < -0.39 is 0 Å². The number of rotatable bonds is 5. The predicted octanol–water partition coefficient (Wildman–Crippen LogP) is 2.48. The van der Waals surface area contributed by atoms with Crippen LogP contribution >= 0.6 is 0 Å². The van der Waals surface area contributed by atoms with E-state index in [1.54, 1.807) is 6.92 Å². The number of ketones is 1. The zero-order chi connectivity index (χ0) is 10.4. The largest absolute Gasteiger partial charge is 0.303 e. The van der Waals surface area contributed by atoms with Crippen molar-refractivity contribution in [3.8, 4) is 0 Å². The molecule has 0 radical (unpaired) electrons. The molecule has 14 heavy (non-hydrogen) atoms. The van der Waals surface area contributed by atoms with Crippen LogP contribution in [0.15, 0.2) is 0 Å². The minimum Gasteiger partial charge on any atom is -0.303 e. The summed E-state index contributed by atoms with van der Waals surface area (Å²) in [5, 5.41) is 0. The van der Waals surface area contributed by atoms with E-state index in [0.717, 1.165) is 18.8 Å². The maximum atomic E-state index is 10.7. The van der Waals surface area contributed by atoms with Crippen molar-refractivity contribution in [3.63, 3.8) is 0 Å². The summed E-state index contributed by atoms with van der Waals surface area (Å²) in [4.78, 5) is 13.3. The Morgan fingerprint density at radius 2 is 2.21 bits per heavy atom. The van der Waals surface area contributed by atoms with E-state index in [2.05, 4.69) is 11.8 Å². The van der Waals surface area contributed by atoms with Crippen LogP contribution in [0.5, 0.6) is 0 Å². The zero-order valence-electron chi connectivity index (χ0n) is 9.59. The first-order valence-corrected chi connectivity index (χ1v) is 5.90. The smallest absolute Gasteiger partial charge is 0.129 e. The molecule has 0 aromatic rings. The highest BCUT2D eigenvalue weighted by atomic mass is 16.1. The van der Waals surface area contributed by atoms with Gasteiger partial charge in [-0.3, -0.25) is 0 Å². The van der Waals surface area contributed by atoms with Gasteiger partial charge in [0.15, 0.2) is 0 Å². The van der Waals surface area contributed by atoms with Crippen LogP contribution in [-0.2, 0) is 4.79 Å². The van der Waals surface area contributed by atoms with Crippen LogP contribution in [0.1, 0.15) is 46.0 Å². The van der Waals surface area contributed by atoms with E-state index in [1.165, 1.54) is 38.9 Å². The average molecular weight is 197 g/mol. The fraction of sp³-hybridized carbons (Fsp3) is 0.917. The first-order chi connectivity index (χ1) is 6.68. The minimum absolute atomic E-state index is 0.331. The second-order valence-electron chi connectivity index (χ2n) is 4.71. The zero-order valence-corrected chi connectivity index (χ0v) is 9.59. The summed E-state index contributed by atoms with van der Waals surface area (Å²) >= 11 is 0. The Labute approximate surface area is 87.7 Å². The average Bonchev–Trinajstić information content (AvgIpc) is 2.12. The standard InChI is InChI=1S/C12H23NO/c1-11-6-5-9-13(10-11)8-4-3-7-12(2)14/h11H,3-10H2,1-2H3. The van der Waals surface area contributed by atoms with E-state index >= 15 is 0 Å². The third-order valence-corrected chi connectivity index (χ3v) is 2.99. The maximum Gasteiger partial charge on any atom is 0.129 e. The number of nitrogens with zero attached hydrogens (tertiary/aromatic N) is 1. The molecule has 1 fully saturated rings. The number of hydrogen-bond acceptors (Lipinski definition) is 2. The lowest BCUT2D eigenvalue weighted by Gasteiger charge is -2.30. The SMILES string of the molecule is CC(=O)CCCCN1CCCC(C)C1. The van der Waals surface area contributed by atoms with Crippen LogP contribution in [-0.4, -0.2) is 30.3 Å². The van der Waals surface area contributed by atoms with Gasteiger partial charge < -0.3 is 9.69 Å². The van der Waals surface area contributed by atoms with Crippen molar-refractivity contribution < 1.29 is 4.79 Å². The van der Waals surface area contributed by atoms with Crippen LogP contribution in [0.25, 0.3) is 0 Å². The highest BCUT2D eigenvalue weighted by Gasteiger charge is 2.15. The number of carbonyl (C=O) groups excluding carboxylic acids is 1. The van der Waals surface area contributed by atoms with Crippen LogP contribution in [0, 0.1) is 5.92 Å². The number of unbranched alkanes of at least 4 members (excludes halogenated alkanes) is 1. The summed E-state index contributed by atoms with van der Waals surface area (Å²) in [7, 11) is 0. The normalized spacial score (nSPS) is 23.7. The van der Waals surface area contributed by atoms with Gasteiger partial charge in [0.05, 0.1) is 0 Å². The van der Waals surface area contributed by atoms with Gasteiger partial charge in [0.2, 0.25) is 0 Å². The van der Waals surface area contributed by atoms with Gasteiger partial charge >= 0.3 is 0 Å². The predicted molar refractivity (Wildman–Crippen MR) is 59.4 cm³/mol. The Hall–Kier alpha value is -0.370. The van der Waals surface area contributed by atoms with Gasteiger partial charge in [0.1, 0.15) is 5.78 Å². The van der Waals surface area contributed by atoms with Crippen LogP contribution in [0.4, 0.5) is 0 Å². The molecule has 0 amide bonds. The van der Waals surface area contributed by atoms with Gasteiger partial charge in [-0.2, -0.15) is 0 Å². The van der Waals surface area contributed by atoms with Gasteiger partial charge in [-0.25, -0.2) is 0 Å². The molecule has 1 aliphatic rings. The van der Waals surface area contributed by atoms with E-state index in [-0.39, 0.29) is 0 Å². The third-order valence-electron chi connectivity index (χ3n) is 2.99. The van der Waals surface area contributed by atoms with Crippen molar-refractivity contribution in [1.29, 1.82) is 0 Å². The Balaban J connectivity index is 2.03. The van der Waals surface area contributed by atoms with Gasteiger partial charge in [-0.1, -0.05) is 6.92 Å². The molecule has 1 saturated heterocycles. The molecule has 0 aliphatic carbocycles. The summed E-state index contributed by atoms with van der Waals surface area (Å²) in [6.45, 7) is 7.74. The topological polar surface area (TPSA) is 20.3 Å². The monoisotopic (exact) mass is 197 g/mol. The second kappa shape index (κ2) is 6.18. The molecule has 82 valence electrons. The number of Topliss-reactive ketones (excluding diaryl/α,β-unsaturated/α-hetero) is 1. The molecule has 1 aliphatic heterocycles. The Bertz CT molecular complexity index is 179. The number of piperidine rings is 1. The van der Waals surface area contributed by atoms with E-state index in [0.29, 0.717) is 5.78 Å². The molecule has 2 nitrogen and oxygen atoms in total. The summed E-state index contributed by atoms with van der Waals surface area (Å²) in [5.41, 5.74) is 0. The number of hydrogen-bond donors (Lipinski definition) is 0. The molecule has 1 atom stereocenters. The molecule has 1 unspecified atom stereocenters. The second-order valence-corrected chi connectivity index (χ2v) is 4.71. The fourth-order valence-electron chi connectivity index (χ4n) is 2.20. The lowest BCUT2D eigenvalue weighted by molar-refractivity contribution is -0.117. The van der Waals surface area contributed by atoms with Crippen LogP contribution < -0.4 is 0 Å². The maximum absolute atomic E-state index is 10.7. The molecule has 0 aromatic carbocycles. The molecule has 0 N–H and O–H groups in total. The van der Waals surface area contributed by atoms with Crippen molar-refractivity contribution in [2.24, 2.45) is 5.92 Å². The Kier molecular flexibility index (Phi) is 5.16. The first-order valence-electron chi connectivity index (χ1n) is 5.90. The van der Waals surface area contributed by atoms with E-state index in [4.69, 9.17) is 0 Å². The van der Waals surface area contributed by atoms with Crippen molar-refractivity contribution >= 4 is 5.78 Å². The molecule has 0 bridgehead atoms. The summed E-state index contributed by atoms with van der Waals surface area (Å²) in [6, 6.07) is 0. The molecule has 0 spiro atoms. The summed E-state index contributed by atoms with van der Waals surface area (Å²) < 4.78 is 0. The van der Waals surface area contributed by atoms with Crippen molar-refractivity contribution in [3.05, 3.63) is 0 Å². The van der Waals surface area contributed by atoms with Crippen LogP contribution in [0.2, 0.25) is 0 Å². The van der Waals surface area contributed by atoms with E-state index in [1.807, 2.05) is 0 Å². The first kappa shape index (κ1) is 11.7. The lowest BCUT2D eigenvalue weighted by atomic mass is 10.00. The van der Waals surface area contributed by atoms with Crippen molar-refractivity contribution in [1.82, 2.24) is 4.90 Å². The highest BCUT2D eigenvalue weighted by molar-refractivity contribution is 5.75. The molecule has 1 rings (SSSR count). The van der Waals surface area contributed by atoms with Gasteiger partial charge in [0, 0.05) is 13.0 Å². The summed E-state index contributed by atoms with van der Waals surface area (Å²) in [6.07, 6.45) is 5.77. The van der Waals surface area contributed by atoms with Gasteiger partial charge in [-0.05, 0) is 51.6 Å². The molecular formula is C12H23NO. The van der Waals surface area contributed by atoms with Crippen molar-refractivity contribution in [2.75, 3.05) is 19.6 Å². The van der Waals surface area contributed by atoms with Crippen LogP contribution in [0.3, 0.4) is 0 Å². The quantitative estimate of drug-likeness (QED) is 0.631. The van der Waals surface area contributed by atoms with Gasteiger partial charge in [0.25, 0.3) is 0 Å². The molecule has 0 saturated carbocycles. The molecule has 0 aromatic heterocycles. The summed E-state index contributed by atoms with van der Waals surface area (Å²) in [5.74, 6) is 1.20.